The summed E-state index contributed by atoms with van der Waals surface area (Å²) < 4.78 is 34.0. The molecule has 0 rings (SSSR count). The summed E-state index contributed by atoms with van der Waals surface area (Å²) >= 11 is -5.42. The van der Waals surface area contributed by atoms with Crippen molar-refractivity contribution in [2.45, 2.75) is 26.4 Å². The van der Waals surface area contributed by atoms with Gasteiger partial charge in [-0.2, -0.15) is 0 Å². The Morgan fingerprint density at radius 3 is 1.44 bits per heavy atom. The molecule has 0 fully saturated rings. The van der Waals surface area contributed by atoms with Gasteiger partial charge in [-0.15, -0.1) is 0 Å². The molecule has 0 aliphatic carbocycles. The lowest BCUT2D eigenvalue weighted by molar-refractivity contribution is -1.92. The van der Waals surface area contributed by atoms with Crippen LogP contribution in [0.2, 0.25) is 0 Å². The summed E-state index contributed by atoms with van der Waals surface area (Å²) in [6.07, 6.45) is 0. The molecule has 0 heterocycles. The monoisotopic (exact) mass is 248 g/mol. The van der Waals surface area contributed by atoms with Crippen molar-refractivity contribution in [2.24, 2.45) is 0 Å². The molecule has 0 spiro atoms. The van der Waals surface area contributed by atoms with Crippen LogP contribution >= 0.6 is 0 Å². The molecule has 0 aliphatic rings. The van der Waals surface area contributed by atoms with E-state index in [9.17, 15) is 10.3 Å². The Labute approximate surface area is 60.2 Å². The molecule has 0 saturated carbocycles. The van der Waals surface area contributed by atoms with Gasteiger partial charge in [-0.25, -0.2) is 0 Å². The van der Waals surface area contributed by atoms with Gasteiger partial charge in [0.1, 0.15) is 0 Å². The van der Waals surface area contributed by atoms with E-state index < -0.39 is 25.7 Å². The second kappa shape index (κ2) is 2.67. The maximum Gasteiger partial charge on any atom is 0.373 e. The second-order valence-electron chi connectivity index (χ2n) is 2.57. The highest BCUT2D eigenvalue weighted by Crippen LogP contribution is 1.98. The van der Waals surface area contributed by atoms with Gasteiger partial charge < -0.3 is 0 Å². The first-order valence-electron chi connectivity index (χ1n) is 2.32. The van der Waals surface area contributed by atoms with Crippen LogP contribution in [0.15, 0.2) is 0 Å². The first-order valence-corrected chi connectivity index (χ1v) is 5.84. The third-order valence-corrected chi connectivity index (χ3v) is 2.19. The van der Waals surface area contributed by atoms with E-state index in [2.05, 4.69) is 3.07 Å². The summed E-state index contributed by atoms with van der Waals surface area (Å²) in [5.41, 5.74) is -0.873. The molecule has 0 unspecified atom stereocenters. The Kier molecular flexibility index (Phi) is 2.84. The van der Waals surface area contributed by atoms with Crippen LogP contribution in [-0.4, -0.2) is 5.60 Å². The average molecular weight is 248 g/mol. The second-order valence-corrected chi connectivity index (χ2v) is 5.17. The molecule has 5 heteroatoms. The minimum absolute atomic E-state index is 0.873. The summed E-state index contributed by atoms with van der Waals surface area (Å²) in [5, 5.41) is 0. The molecule has 0 N–H and O–H groups in total. The highest BCUT2D eigenvalue weighted by atomic mass is 127. The fourth-order valence-electron chi connectivity index (χ4n) is 0.283. The molecule has 0 amide bonds. The molecule has 4 nitrogen and oxygen atoms in total. The molecule has 0 bridgehead atoms. The zero-order chi connectivity index (χ0) is 7.71. The number of halogens is 1. The average Bonchev–Trinajstić information content (AvgIpc) is 1.14. The molecular weight excluding hydrogens is 239 g/mol. The van der Waals surface area contributed by atoms with E-state index >= 15 is 0 Å². The highest BCUT2D eigenvalue weighted by Gasteiger charge is 2.36. The quantitative estimate of drug-likeness (QED) is 0.434. The Morgan fingerprint density at radius 1 is 1.11 bits per heavy atom. The van der Waals surface area contributed by atoms with Gasteiger partial charge in [-0.05, 0) is 20.8 Å². The molecule has 0 aliphatic heterocycles. The zero-order valence-electron chi connectivity index (χ0n) is 5.51. The van der Waals surface area contributed by atoms with Gasteiger partial charge >= 0.3 is 20.1 Å². The fraction of sp³-hybridized carbons (Fsp3) is 1.00. The molecule has 0 atom stereocenters. The van der Waals surface area contributed by atoms with Crippen molar-refractivity contribution < 1.29 is 33.5 Å². The molecule has 0 aromatic rings. The van der Waals surface area contributed by atoms with Crippen LogP contribution < -0.4 is 30.4 Å². The van der Waals surface area contributed by atoms with Gasteiger partial charge in [0.2, 0.25) is 0 Å². The predicted molar refractivity (Wildman–Crippen MR) is 20.8 cm³/mol. The lowest BCUT2D eigenvalue weighted by atomic mass is 10.2. The third-order valence-electron chi connectivity index (χ3n) is 0.326. The van der Waals surface area contributed by atoms with Crippen molar-refractivity contribution in [3.05, 3.63) is 0 Å². The van der Waals surface area contributed by atoms with Gasteiger partial charge in [0.15, 0.2) is 5.60 Å². The number of hydrogen-bond acceptors (Lipinski definition) is 4. The molecule has 0 aromatic carbocycles. The number of rotatable bonds is 1. The minimum atomic E-state index is -5.42. The summed E-state index contributed by atoms with van der Waals surface area (Å²) in [6, 6.07) is 0. The lowest BCUT2D eigenvalue weighted by Crippen LogP contribution is -4.24. The first kappa shape index (κ1) is 9.57. The Morgan fingerprint density at radius 2 is 1.44 bits per heavy atom. The summed E-state index contributed by atoms with van der Waals surface area (Å²) in [5.74, 6) is 0. The standard InChI is InChI=1S/C4H9IO4/c1-4(2,3)9-5(6,7)8/h1-3H3. The van der Waals surface area contributed by atoms with E-state index in [1.54, 1.807) is 0 Å². The van der Waals surface area contributed by atoms with E-state index in [0.29, 0.717) is 0 Å². The molecular formula is C4H9IO4. The van der Waals surface area contributed by atoms with E-state index in [-0.39, 0.29) is 0 Å². The van der Waals surface area contributed by atoms with E-state index in [0.717, 1.165) is 0 Å². The highest BCUT2D eigenvalue weighted by molar-refractivity contribution is 4.53. The number of hydrogen-bond donors (Lipinski definition) is 0. The van der Waals surface area contributed by atoms with E-state index in [1.165, 1.54) is 20.8 Å². The maximum atomic E-state index is 9.97. The topological polar surface area (TPSA) is 78.4 Å². The fourth-order valence-corrected chi connectivity index (χ4v) is 1.90. The van der Waals surface area contributed by atoms with Crippen molar-refractivity contribution in [2.75, 3.05) is 0 Å². The Hall–Kier alpha value is 0.570. The molecule has 9 heavy (non-hydrogen) atoms. The van der Waals surface area contributed by atoms with Crippen LogP contribution in [0, 0.1) is 0 Å². The molecule has 0 aromatic heterocycles. The van der Waals surface area contributed by atoms with Gasteiger partial charge in [-0.3, -0.25) is 10.3 Å². The van der Waals surface area contributed by atoms with E-state index in [4.69, 9.17) is 0 Å². The first-order chi connectivity index (χ1) is 3.71. The van der Waals surface area contributed by atoms with Crippen LogP contribution in [0.4, 0.5) is 0 Å². The smallest absolute Gasteiger partial charge is 0.256 e. The van der Waals surface area contributed by atoms with Crippen molar-refractivity contribution >= 4 is 0 Å². The van der Waals surface area contributed by atoms with Crippen molar-refractivity contribution in [3.63, 3.8) is 0 Å². The summed E-state index contributed by atoms with van der Waals surface area (Å²) in [7, 11) is 0. The van der Waals surface area contributed by atoms with Gasteiger partial charge in [0.25, 0.3) is 0 Å². The lowest BCUT2D eigenvalue weighted by Gasteiger charge is -2.14. The largest absolute Gasteiger partial charge is 0.373 e. The van der Waals surface area contributed by atoms with Crippen molar-refractivity contribution in [1.82, 2.24) is 0 Å². The molecule has 0 saturated heterocycles. The minimum Gasteiger partial charge on any atom is -0.256 e. The van der Waals surface area contributed by atoms with Crippen LogP contribution in [0.3, 0.4) is 0 Å². The SMILES string of the molecule is CC(C)(C)O[I+3]([O-])([O-])[O-]. The van der Waals surface area contributed by atoms with Crippen LogP contribution in [0.25, 0.3) is 0 Å². The zero-order valence-corrected chi connectivity index (χ0v) is 7.67. The molecule has 56 valence electrons. The van der Waals surface area contributed by atoms with Crippen molar-refractivity contribution in [1.29, 1.82) is 0 Å². The predicted octanol–water partition coefficient (Wildman–Crippen LogP) is -5.30. The normalized spacial score (nSPS) is 14.0. The van der Waals surface area contributed by atoms with Gasteiger partial charge in [0.05, 0.1) is 0 Å². The summed E-state index contributed by atoms with van der Waals surface area (Å²) in [4.78, 5) is 0. The summed E-state index contributed by atoms with van der Waals surface area (Å²) in [6.45, 7) is 4.54. The van der Waals surface area contributed by atoms with Crippen LogP contribution in [0.1, 0.15) is 20.8 Å². The Bertz CT molecular complexity index is 77.7. The van der Waals surface area contributed by atoms with Gasteiger partial charge in [-0.1, -0.05) is 0 Å². The molecule has 0 radical (unpaired) electrons. The van der Waals surface area contributed by atoms with E-state index in [1.807, 2.05) is 0 Å². The third kappa shape index (κ3) is 8.57. The van der Waals surface area contributed by atoms with Crippen LogP contribution in [0.5, 0.6) is 0 Å². The Balaban J connectivity index is 3.75. The van der Waals surface area contributed by atoms with Crippen molar-refractivity contribution in [3.8, 4) is 0 Å². The van der Waals surface area contributed by atoms with Gasteiger partial charge in [0, 0.05) is 3.07 Å². The maximum absolute atomic E-state index is 9.97. The van der Waals surface area contributed by atoms with Crippen LogP contribution in [-0.2, 0) is 3.07 Å².